The Hall–Kier alpha value is -1.55. The van der Waals surface area contributed by atoms with Gasteiger partial charge >= 0.3 is 0 Å². The average Bonchev–Trinajstić information content (AvgIpc) is 2.24. The van der Waals surface area contributed by atoms with Crippen LogP contribution in [0.1, 0.15) is 16.7 Å². The molecule has 0 unspecified atom stereocenters. The lowest BCUT2D eigenvalue weighted by molar-refractivity contribution is -0.121. The predicted octanol–water partition coefficient (Wildman–Crippen LogP) is 1.78. The highest BCUT2D eigenvalue weighted by atomic mass is 16.5. The highest BCUT2D eigenvalue weighted by Gasteiger charge is 2.26. The normalized spacial score (nSPS) is 15.1. The lowest BCUT2D eigenvalue weighted by atomic mass is 10.00. The first-order valence-electron chi connectivity index (χ1n) is 6.21. The molecule has 0 bridgehead atoms. The summed E-state index contributed by atoms with van der Waals surface area (Å²) in [5.41, 5.74) is 4.09. The van der Waals surface area contributed by atoms with Crippen molar-refractivity contribution in [2.45, 2.75) is 20.8 Å². The molecule has 2 rings (SSSR count). The van der Waals surface area contributed by atoms with E-state index in [2.05, 4.69) is 16.7 Å². The number of carbonyl (C=O) groups excluding carboxylic acids is 1. The van der Waals surface area contributed by atoms with Crippen LogP contribution in [0.15, 0.2) is 6.07 Å². The second-order valence-electron chi connectivity index (χ2n) is 4.89. The van der Waals surface area contributed by atoms with Crippen LogP contribution in [0.3, 0.4) is 0 Å². The van der Waals surface area contributed by atoms with Gasteiger partial charge in [-0.1, -0.05) is 6.07 Å². The molecular weight excluding hydrogens is 228 g/mol. The van der Waals surface area contributed by atoms with Gasteiger partial charge in [0, 0.05) is 13.1 Å². The van der Waals surface area contributed by atoms with E-state index in [1.807, 2.05) is 20.8 Å². The molecule has 0 aliphatic carbocycles. The molecule has 4 nitrogen and oxygen atoms in total. The Labute approximate surface area is 108 Å². The second kappa shape index (κ2) is 4.98. The largest absolute Gasteiger partial charge is 0.494 e. The minimum Gasteiger partial charge on any atom is -0.494 e. The van der Waals surface area contributed by atoms with Crippen LogP contribution >= 0.6 is 0 Å². The van der Waals surface area contributed by atoms with Crippen LogP contribution in [-0.2, 0) is 4.79 Å². The number of benzene rings is 1. The van der Waals surface area contributed by atoms with E-state index in [-0.39, 0.29) is 11.8 Å². The van der Waals surface area contributed by atoms with Gasteiger partial charge in [-0.05, 0) is 37.5 Å². The molecule has 1 aliphatic heterocycles. The lowest BCUT2D eigenvalue weighted by Gasteiger charge is -2.27. The highest BCUT2D eigenvalue weighted by molar-refractivity contribution is 5.96. The van der Waals surface area contributed by atoms with Gasteiger partial charge in [-0.3, -0.25) is 4.79 Å². The first-order valence-corrected chi connectivity index (χ1v) is 6.21. The van der Waals surface area contributed by atoms with Crippen molar-refractivity contribution in [2.24, 2.45) is 5.92 Å². The zero-order valence-electron chi connectivity index (χ0n) is 11.4. The number of carbonyl (C=O) groups is 1. The second-order valence-corrected chi connectivity index (χ2v) is 4.89. The van der Waals surface area contributed by atoms with Crippen molar-refractivity contribution in [2.75, 3.05) is 25.5 Å². The van der Waals surface area contributed by atoms with Crippen molar-refractivity contribution < 1.29 is 9.53 Å². The molecular formula is C14H20N2O2. The Bertz CT molecular complexity index is 479. The molecule has 0 saturated carbocycles. The summed E-state index contributed by atoms with van der Waals surface area (Å²) in [4.78, 5) is 12.0. The summed E-state index contributed by atoms with van der Waals surface area (Å²) in [6.07, 6.45) is 0. The third-order valence-corrected chi connectivity index (χ3v) is 3.59. The van der Waals surface area contributed by atoms with E-state index in [1.54, 1.807) is 7.11 Å². The molecule has 0 spiro atoms. The number of hydrogen-bond acceptors (Lipinski definition) is 3. The Balaban J connectivity index is 2.31. The van der Waals surface area contributed by atoms with Crippen LogP contribution < -0.4 is 15.4 Å². The van der Waals surface area contributed by atoms with Gasteiger partial charge in [0.25, 0.3) is 0 Å². The smallest absolute Gasteiger partial charge is 0.230 e. The van der Waals surface area contributed by atoms with Gasteiger partial charge in [0.15, 0.2) is 0 Å². The Morgan fingerprint density at radius 3 is 2.50 bits per heavy atom. The fraction of sp³-hybridized carbons (Fsp3) is 0.500. The predicted molar refractivity (Wildman–Crippen MR) is 72.2 cm³/mol. The van der Waals surface area contributed by atoms with Gasteiger partial charge in [-0.15, -0.1) is 0 Å². The SMILES string of the molecule is COc1c(C)c(C)cc(C)c1NC(=O)C1CNC1. The molecule has 1 fully saturated rings. The van der Waals surface area contributed by atoms with E-state index >= 15 is 0 Å². The number of nitrogens with one attached hydrogen (secondary N) is 2. The number of aryl methyl sites for hydroxylation is 2. The molecule has 98 valence electrons. The van der Waals surface area contributed by atoms with E-state index in [9.17, 15) is 4.79 Å². The van der Waals surface area contributed by atoms with Gasteiger partial charge < -0.3 is 15.4 Å². The maximum Gasteiger partial charge on any atom is 0.230 e. The van der Waals surface area contributed by atoms with Gasteiger partial charge in [0.05, 0.1) is 18.7 Å². The summed E-state index contributed by atoms with van der Waals surface area (Å²) in [7, 11) is 1.64. The molecule has 0 aromatic heterocycles. The number of anilines is 1. The molecule has 18 heavy (non-hydrogen) atoms. The molecule has 1 aliphatic rings. The summed E-state index contributed by atoms with van der Waals surface area (Å²) < 4.78 is 5.44. The minimum atomic E-state index is 0.0680. The maximum absolute atomic E-state index is 12.0. The molecule has 1 amide bonds. The van der Waals surface area contributed by atoms with Crippen LogP contribution in [-0.4, -0.2) is 26.1 Å². The summed E-state index contributed by atoms with van der Waals surface area (Å²) in [6.45, 7) is 7.57. The fourth-order valence-corrected chi connectivity index (χ4v) is 2.16. The third kappa shape index (κ3) is 2.20. The lowest BCUT2D eigenvalue weighted by Crippen LogP contribution is -2.48. The van der Waals surface area contributed by atoms with E-state index in [0.717, 1.165) is 35.7 Å². The summed E-state index contributed by atoms with van der Waals surface area (Å²) in [5, 5.41) is 6.10. The van der Waals surface area contributed by atoms with Crippen molar-refractivity contribution in [3.8, 4) is 5.75 Å². The molecule has 1 aromatic rings. The molecule has 1 saturated heterocycles. The van der Waals surface area contributed by atoms with E-state index in [4.69, 9.17) is 4.74 Å². The number of methoxy groups -OCH3 is 1. The minimum absolute atomic E-state index is 0.0680. The van der Waals surface area contributed by atoms with Crippen molar-refractivity contribution >= 4 is 11.6 Å². The number of ether oxygens (including phenoxy) is 1. The van der Waals surface area contributed by atoms with Crippen molar-refractivity contribution in [1.29, 1.82) is 0 Å². The molecule has 1 aromatic carbocycles. The fourth-order valence-electron chi connectivity index (χ4n) is 2.16. The first-order chi connectivity index (χ1) is 8.54. The summed E-state index contributed by atoms with van der Waals surface area (Å²) >= 11 is 0. The van der Waals surface area contributed by atoms with Crippen LogP contribution in [0.2, 0.25) is 0 Å². The standard InChI is InChI=1S/C14H20N2O2/c1-8-5-9(2)12(13(18-4)10(8)3)16-14(17)11-6-15-7-11/h5,11,15H,6-7H2,1-4H3,(H,16,17). The van der Waals surface area contributed by atoms with Crippen LogP contribution in [0.5, 0.6) is 5.75 Å². The molecule has 1 heterocycles. The zero-order chi connectivity index (χ0) is 13.3. The van der Waals surface area contributed by atoms with Crippen LogP contribution in [0, 0.1) is 26.7 Å². The van der Waals surface area contributed by atoms with Crippen LogP contribution in [0.4, 0.5) is 5.69 Å². The molecule has 4 heteroatoms. The molecule has 0 atom stereocenters. The quantitative estimate of drug-likeness (QED) is 0.857. The summed E-state index contributed by atoms with van der Waals surface area (Å²) in [5.74, 6) is 0.919. The average molecular weight is 248 g/mol. The van der Waals surface area contributed by atoms with Crippen molar-refractivity contribution in [1.82, 2.24) is 5.32 Å². The van der Waals surface area contributed by atoms with Gasteiger partial charge in [-0.2, -0.15) is 0 Å². The Morgan fingerprint density at radius 1 is 1.33 bits per heavy atom. The zero-order valence-corrected chi connectivity index (χ0v) is 11.4. The monoisotopic (exact) mass is 248 g/mol. The van der Waals surface area contributed by atoms with Gasteiger partial charge in [0.2, 0.25) is 5.91 Å². The van der Waals surface area contributed by atoms with Crippen LogP contribution in [0.25, 0.3) is 0 Å². The molecule has 0 radical (unpaired) electrons. The van der Waals surface area contributed by atoms with Gasteiger partial charge in [-0.25, -0.2) is 0 Å². The Kier molecular flexibility index (Phi) is 3.57. The highest BCUT2D eigenvalue weighted by Crippen LogP contribution is 2.34. The topological polar surface area (TPSA) is 50.4 Å². The van der Waals surface area contributed by atoms with E-state index in [1.165, 1.54) is 5.56 Å². The number of hydrogen-bond donors (Lipinski definition) is 2. The van der Waals surface area contributed by atoms with Crippen molar-refractivity contribution in [3.05, 3.63) is 22.8 Å². The first kappa shape index (κ1) is 12.9. The van der Waals surface area contributed by atoms with Gasteiger partial charge in [0.1, 0.15) is 5.75 Å². The molecule has 2 N–H and O–H groups in total. The summed E-state index contributed by atoms with van der Waals surface area (Å²) in [6, 6.07) is 2.08. The van der Waals surface area contributed by atoms with E-state index in [0.29, 0.717) is 0 Å². The third-order valence-electron chi connectivity index (χ3n) is 3.59. The number of rotatable bonds is 3. The van der Waals surface area contributed by atoms with Crippen molar-refractivity contribution in [3.63, 3.8) is 0 Å². The number of amides is 1. The Morgan fingerprint density at radius 2 is 2.00 bits per heavy atom. The maximum atomic E-state index is 12.0. The van der Waals surface area contributed by atoms with E-state index < -0.39 is 0 Å².